The summed E-state index contributed by atoms with van der Waals surface area (Å²) in [6.07, 6.45) is 3.22. The third-order valence-electron chi connectivity index (χ3n) is 2.18. The molecule has 0 aliphatic carbocycles. The summed E-state index contributed by atoms with van der Waals surface area (Å²) in [6, 6.07) is 3.88. The minimum Gasteiger partial charge on any atom is -0.448 e. The van der Waals surface area contributed by atoms with Gasteiger partial charge < -0.3 is 9.73 Å². The zero-order chi connectivity index (χ0) is 11.4. The number of halogens is 2. The number of aromatic nitrogens is 3. The lowest BCUT2D eigenvalue weighted by atomic mass is 10.3. The molecule has 0 fully saturated rings. The first kappa shape index (κ1) is 14.0. The van der Waals surface area contributed by atoms with E-state index in [1.54, 1.807) is 17.1 Å². The van der Waals surface area contributed by atoms with Crippen LogP contribution in [0.25, 0.3) is 0 Å². The molecule has 94 valence electrons. The van der Waals surface area contributed by atoms with E-state index >= 15 is 0 Å². The van der Waals surface area contributed by atoms with Crippen molar-refractivity contribution >= 4 is 24.0 Å². The highest BCUT2D eigenvalue weighted by Crippen LogP contribution is 2.12. The Morgan fingerprint density at radius 2 is 2.35 bits per heavy atom. The van der Waals surface area contributed by atoms with E-state index in [-0.39, 0.29) is 18.4 Å². The second-order valence-corrected chi connectivity index (χ2v) is 3.98. The van der Waals surface area contributed by atoms with Gasteiger partial charge in [-0.3, -0.25) is 4.68 Å². The van der Waals surface area contributed by atoms with Gasteiger partial charge in [0.2, 0.25) is 0 Å². The fourth-order valence-electron chi connectivity index (χ4n) is 1.39. The Morgan fingerprint density at radius 3 is 2.94 bits per heavy atom. The average molecular weight is 277 g/mol. The number of rotatable bonds is 5. The molecular weight excluding hydrogens is 263 g/mol. The number of nitrogens with one attached hydrogen (secondary N) is 1. The summed E-state index contributed by atoms with van der Waals surface area (Å²) in [5, 5.41) is 7.76. The fourth-order valence-corrected chi connectivity index (χ4v) is 1.56. The SMILES string of the molecule is CC(Cn1cncn1)NCc1ccc(Cl)o1.Cl. The monoisotopic (exact) mass is 276 g/mol. The number of hydrogen-bond acceptors (Lipinski definition) is 4. The van der Waals surface area contributed by atoms with Gasteiger partial charge in [0.15, 0.2) is 5.22 Å². The van der Waals surface area contributed by atoms with Crippen LogP contribution in [-0.2, 0) is 13.1 Å². The maximum absolute atomic E-state index is 5.67. The van der Waals surface area contributed by atoms with Gasteiger partial charge in [-0.1, -0.05) is 0 Å². The van der Waals surface area contributed by atoms with Gasteiger partial charge in [-0.05, 0) is 30.7 Å². The molecule has 0 aromatic carbocycles. The van der Waals surface area contributed by atoms with E-state index in [0.29, 0.717) is 11.8 Å². The molecule has 0 radical (unpaired) electrons. The van der Waals surface area contributed by atoms with Crippen molar-refractivity contribution < 1.29 is 4.42 Å². The normalized spacial score (nSPS) is 12.1. The van der Waals surface area contributed by atoms with Crippen molar-refractivity contribution in [1.29, 1.82) is 0 Å². The van der Waals surface area contributed by atoms with Crippen molar-refractivity contribution in [3.8, 4) is 0 Å². The van der Waals surface area contributed by atoms with Gasteiger partial charge in [0.25, 0.3) is 0 Å². The summed E-state index contributed by atoms with van der Waals surface area (Å²) < 4.78 is 7.02. The van der Waals surface area contributed by atoms with Crippen LogP contribution in [0.2, 0.25) is 5.22 Å². The highest BCUT2D eigenvalue weighted by molar-refractivity contribution is 6.28. The molecule has 2 rings (SSSR count). The maximum Gasteiger partial charge on any atom is 0.193 e. The van der Waals surface area contributed by atoms with Gasteiger partial charge in [0.1, 0.15) is 18.4 Å². The molecule has 1 atom stereocenters. The Hall–Kier alpha value is -1.04. The van der Waals surface area contributed by atoms with Crippen LogP contribution in [0.5, 0.6) is 0 Å². The van der Waals surface area contributed by atoms with Gasteiger partial charge in [0, 0.05) is 6.04 Å². The quantitative estimate of drug-likeness (QED) is 0.909. The summed E-state index contributed by atoms with van der Waals surface area (Å²) in [5.74, 6) is 0.829. The first-order valence-electron chi connectivity index (χ1n) is 5.04. The third-order valence-corrected chi connectivity index (χ3v) is 2.38. The summed E-state index contributed by atoms with van der Waals surface area (Å²) in [5.41, 5.74) is 0. The van der Waals surface area contributed by atoms with E-state index in [1.165, 1.54) is 6.33 Å². The largest absolute Gasteiger partial charge is 0.448 e. The molecule has 0 saturated heterocycles. The molecular formula is C10H14Cl2N4O. The highest BCUT2D eigenvalue weighted by Gasteiger charge is 2.05. The van der Waals surface area contributed by atoms with E-state index < -0.39 is 0 Å². The smallest absolute Gasteiger partial charge is 0.193 e. The van der Waals surface area contributed by atoms with Crippen LogP contribution in [0.4, 0.5) is 0 Å². The first-order valence-corrected chi connectivity index (χ1v) is 5.42. The lowest BCUT2D eigenvalue weighted by Crippen LogP contribution is -2.29. The molecule has 1 unspecified atom stereocenters. The van der Waals surface area contributed by atoms with E-state index in [0.717, 1.165) is 12.3 Å². The highest BCUT2D eigenvalue weighted by atomic mass is 35.5. The molecule has 7 heteroatoms. The van der Waals surface area contributed by atoms with Gasteiger partial charge in [-0.15, -0.1) is 12.4 Å². The Morgan fingerprint density at radius 1 is 1.53 bits per heavy atom. The molecule has 1 N–H and O–H groups in total. The van der Waals surface area contributed by atoms with E-state index in [1.807, 2.05) is 6.07 Å². The molecule has 17 heavy (non-hydrogen) atoms. The van der Waals surface area contributed by atoms with Crippen LogP contribution in [0.3, 0.4) is 0 Å². The van der Waals surface area contributed by atoms with Crippen LogP contribution in [0.1, 0.15) is 12.7 Å². The molecule has 2 aromatic heterocycles. The number of nitrogens with zero attached hydrogens (tertiary/aromatic N) is 3. The maximum atomic E-state index is 5.67. The minimum atomic E-state index is 0. The second-order valence-electron chi connectivity index (χ2n) is 3.61. The first-order chi connectivity index (χ1) is 7.74. The zero-order valence-electron chi connectivity index (χ0n) is 9.34. The Bertz CT molecular complexity index is 429. The van der Waals surface area contributed by atoms with E-state index in [9.17, 15) is 0 Å². The van der Waals surface area contributed by atoms with Crippen molar-refractivity contribution in [2.75, 3.05) is 0 Å². The van der Waals surface area contributed by atoms with Crippen molar-refractivity contribution in [2.24, 2.45) is 0 Å². The molecule has 0 bridgehead atoms. The van der Waals surface area contributed by atoms with Crippen LogP contribution in [-0.4, -0.2) is 20.8 Å². The standard InChI is InChI=1S/C10H13ClN4O.ClH/c1-8(5-15-7-12-6-14-15)13-4-9-2-3-10(11)16-9;/h2-3,6-8,13H,4-5H2,1H3;1H. The van der Waals surface area contributed by atoms with Crippen molar-refractivity contribution in [3.63, 3.8) is 0 Å². The predicted molar refractivity (Wildman–Crippen MR) is 67.3 cm³/mol. The average Bonchev–Trinajstić information content (AvgIpc) is 2.87. The van der Waals surface area contributed by atoms with Gasteiger partial charge in [0.05, 0.1) is 13.1 Å². The lowest BCUT2D eigenvalue weighted by molar-refractivity contribution is 0.415. The predicted octanol–water partition coefficient (Wildman–Crippen LogP) is 2.12. The summed E-state index contributed by atoms with van der Waals surface area (Å²) in [7, 11) is 0. The molecule has 0 aliphatic heterocycles. The van der Waals surface area contributed by atoms with Crippen LogP contribution in [0.15, 0.2) is 29.2 Å². The summed E-state index contributed by atoms with van der Waals surface area (Å²) in [6.45, 7) is 3.50. The Labute approximate surface area is 111 Å². The Balaban J connectivity index is 0.00000144. The van der Waals surface area contributed by atoms with Gasteiger partial charge in [-0.2, -0.15) is 5.10 Å². The molecule has 0 amide bonds. The minimum absolute atomic E-state index is 0. The molecule has 2 aromatic rings. The van der Waals surface area contributed by atoms with Crippen LogP contribution in [0, 0.1) is 0 Å². The third kappa shape index (κ3) is 4.38. The summed E-state index contributed by atoms with van der Waals surface area (Å²) in [4.78, 5) is 3.88. The summed E-state index contributed by atoms with van der Waals surface area (Å²) >= 11 is 5.67. The van der Waals surface area contributed by atoms with E-state index in [4.69, 9.17) is 16.0 Å². The van der Waals surface area contributed by atoms with Gasteiger partial charge >= 0.3 is 0 Å². The zero-order valence-corrected chi connectivity index (χ0v) is 10.9. The molecule has 5 nitrogen and oxygen atoms in total. The molecule has 0 spiro atoms. The number of hydrogen-bond donors (Lipinski definition) is 1. The van der Waals surface area contributed by atoms with E-state index in [2.05, 4.69) is 22.3 Å². The fraction of sp³-hybridized carbons (Fsp3) is 0.400. The molecule has 2 heterocycles. The van der Waals surface area contributed by atoms with Gasteiger partial charge in [-0.25, -0.2) is 4.98 Å². The van der Waals surface area contributed by atoms with Crippen molar-refractivity contribution in [3.05, 3.63) is 35.8 Å². The Kier molecular flexibility index (Phi) is 5.47. The second kappa shape index (κ2) is 6.64. The van der Waals surface area contributed by atoms with Crippen molar-refractivity contribution in [1.82, 2.24) is 20.1 Å². The topological polar surface area (TPSA) is 55.9 Å². The lowest BCUT2D eigenvalue weighted by Gasteiger charge is -2.12. The van der Waals surface area contributed by atoms with Crippen LogP contribution < -0.4 is 5.32 Å². The molecule has 0 saturated carbocycles. The number of furan rings is 1. The van der Waals surface area contributed by atoms with Crippen LogP contribution >= 0.6 is 24.0 Å². The molecule has 0 aliphatic rings. The van der Waals surface area contributed by atoms with Crippen molar-refractivity contribution in [2.45, 2.75) is 26.1 Å².